The number of hydrogen-bond donors (Lipinski definition) is 2. The van der Waals surface area contributed by atoms with Gasteiger partial charge >= 0.3 is 0 Å². The van der Waals surface area contributed by atoms with Crippen molar-refractivity contribution in [1.82, 2.24) is 15.8 Å². The summed E-state index contributed by atoms with van der Waals surface area (Å²) in [5.41, 5.74) is 4.36. The van der Waals surface area contributed by atoms with Gasteiger partial charge in [0.25, 0.3) is 5.91 Å². The number of nitrogens with one attached hydrogen (secondary N) is 2. The summed E-state index contributed by atoms with van der Waals surface area (Å²) >= 11 is 1.21. The number of hydrogen-bond acceptors (Lipinski definition) is 4. The minimum absolute atomic E-state index is 0.320. The number of hydrazine groups is 1. The van der Waals surface area contributed by atoms with Gasteiger partial charge in [-0.1, -0.05) is 0 Å². The lowest BCUT2D eigenvalue weighted by atomic mass is 10.6. The maximum absolute atomic E-state index is 11.0. The molecule has 2 N–H and O–H groups in total. The highest BCUT2D eigenvalue weighted by molar-refractivity contribution is 7.11. The fraction of sp³-hybridized carbons (Fsp3) is 0.167. The van der Waals surface area contributed by atoms with E-state index in [9.17, 15) is 9.59 Å². The minimum Gasteiger partial charge on any atom is -0.274 e. The van der Waals surface area contributed by atoms with Gasteiger partial charge in [-0.3, -0.25) is 20.4 Å². The van der Waals surface area contributed by atoms with Crippen LogP contribution in [-0.4, -0.2) is 16.8 Å². The molecule has 0 aliphatic rings. The van der Waals surface area contributed by atoms with E-state index in [1.165, 1.54) is 24.5 Å². The summed E-state index contributed by atoms with van der Waals surface area (Å²) in [6.45, 7) is 1.31. The van der Waals surface area contributed by atoms with Crippen molar-refractivity contribution in [2.24, 2.45) is 0 Å². The lowest BCUT2D eigenvalue weighted by molar-refractivity contribution is -0.119. The third-order valence-corrected chi connectivity index (χ3v) is 1.75. The van der Waals surface area contributed by atoms with Crippen molar-refractivity contribution < 1.29 is 9.59 Å². The molecule has 0 atom stereocenters. The van der Waals surface area contributed by atoms with Crippen molar-refractivity contribution in [3.63, 3.8) is 0 Å². The minimum atomic E-state index is -0.403. The van der Waals surface area contributed by atoms with Crippen LogP contribution in [0.15, 0.2) is 11.6 Å². The summed E-state index contributed by atoms with van der Waals surface area (Å²) in [5.74, 6) is -0.722. The molecule has 6 heteroatoms. The predicted octanol–water partition coefficient (Wildman–Crippen LogP) is -0.0760. The second kappa shape index (κ2) is 3.82. The van der Waals surface area contributed by atoms with Crippen molar-refractivity contribution in [2.75, 3.05) is 0 Å². The van der Waals surface area contributed by atoms with Gasteiger partial charge in [-0.05, 0) is 0 Å². The molecule has 0 bridgehead atoms. The van der Waals surface area contributed by atoms with E-state index in [1.54, 1.807) is 5.38 Å². The van der Waals surface area contributed by atoms with E-state index >= 15 is 0 Å². The average molecular weight is 185 g/mol. The van der Waals surface area contributed by atoms with Gasteiger partial charge in [-0.2, -0.15) is 0 Å². The molecule has 0 aliphatic carbocycles. The van der Waals surface area contributed by atoms with Crippen molar-refractivity contribution >= 4 is 23.2 Å². The Labute approximate surface area is 72.8 Å². The Balaban J connectivity index is 2.45. The standard InChI is InChI=1S/C6H7N3O2S/c1-4(10)8-9-5(11)6-7-2-3-12-6/h2-3H,1H3,(H,8,10)(H,9,11). The van der Waals surface area contributed by atoms with Gasteiger partial charge in [0.2, 0.25) is 5.91 Å². The zero-order chi connectivity index (χ0) is 8.97. The Morgan fingerprint density at radius 2 is 2.25 bits per heavy atom. The highest BCUT2D eigenvalue weighted by Crippen LogP contribution is 2.01. The highest BCUT2D eigenvalue weighted by atomic mass is 32.1. The lowest BCUT2D eigenvalue weighted by Crippen LogP contribution is -2.40. The molecule has 0 aromatic carbocycles. The largest absolute Gasteiger partial charge is 0.298 e. The summed E-state index contributed by atoms with van der Waals surface area (Å²) in [5, 5.41) is 2.01. The zero-order valence-electron chi connectivity index (χ0n) is 6.33. The number of nitrogens with zero attached hydrogens (tertiary/aromatic N) is 1. The van der Waals surface area contributed by atoms with E-state index in [-0.39, 0.29) is 5.91 Å². The average Bonchev–Trinajstić information content (AvgIpc) is 2.51. The van der Waals surface area contributed by atoms with E-state index in [0.717, 1.165) is 0 Å². The first-order chi connectivity index (χ1) is 5.70. The van der Waals surface area contributed by atoms with Gasteiger partial charge in [0.1, 0.15) is 0 Å². The molecular formula is C6H7N3O2S. The van der Waals surface area contributed by atoms with Crippen molar-refractivity contribution in [3.8, 4) is 0 Å². The Morgan fingerprint density at radius 3 is 2.75 bits per heavy atom. The quantitative estimate of drug-likeness (QED) is 0.601. The van der Waals surface area contributed by atoms with Crippen molar-refractivity contribution in [3.05, 3.63) is 16.6 Å². The van der Waals surface area contributed by atoms with Crippen molar-refractivity contribution in [1.29, 1.82) is 0 Å². The normalized spacial score (nSPS) is 9.08. The molecule has 1 heterocycles. The van der Waals surface area contributed by atoms with E-state index in [2.05, 4.69) is 15.8 Å². The Kier molecular flexibility index (Phi) is 2.76. The van der Waals surface area contributed by atoms with Crippen LogP contribution in [0.3, 0.4) is 0 Å². The number of aromatic nitrogens is 1. The molecule has 0 radical (unpaired) electrons. The molecule has 0 unspecified atom stereocenters. The lowest BCUT2D eigenvalue weighted by Gasteiger charge is -2.00. The van der Waals surface area contributed by atoms with Gasteiger partial charge in [-0.15, -0.1) is 11.3 Å². The van der Waals surface area contributed by atoms with Crippen molar-refractivity contribution in [2.45, 2.75) is 6.92 Å². The molecule has 0 saturated heterocycles. The molecule has 5 nitrogen and oxygen atoms in total. The molecule has 0 spiro atoms. The van der Waals surface area contributed by atoms with E-state index in [4.69, 9.17) is 0 Å². The highest BCUT2D eigenvalue weighted by Gasteiger charge is 2.06. The van der Waals surface area contributed by atoms with Crippen LogP contribution in [0.4, 0.5) is 0 Å². The SMILES string of the molecule is CC(=O)NNC(=O)c1nccs1. The van der Waals surface area contributed by atoms with Gasteiger partial charge in [0.05, 0.1) is 0 Å². The maximum Gasteiger partial charge on any atom is 0.298 e. The second-order valence-electron chi connectivity index (χ2n) is 1.97. The predicted molar refractivity (Wildman–Crippen MR) is 43.4 cm³/mol. The summed E-state index contributed by atoms with van der Waals surface area (Å²) < 4.78 is 0. The molecule has 1 aromatic heterocycles. The number of carbonyl (C=O) groups excluding carboxylic acids is 2. The van der Waals surface area contributed by atoms with Crippen LogP contribution in [0.2, 0.25) is 0 Å². The summed E-state index contributed by atoms with van der Waals surface area (Å²) in [4.78, 5) is 25.2. The number of amides is 2. The van der Waals surface area contributed by atoms with E-state index < -0.39 is 5.91 Å². The Hall–Kier alpha value is -1.43. The topological polar surface area (TPSA) is 71.1 Å². The van der Waals surface area contributed by atoms with Crippen LogP contribution in [0.25, 0.3) is 0 Å². The fourth-order valence-electron chi connectivity index (χ4n) is 0.534. The molecule has 1 aromatic rings. The van der Waals surface area contributed by atoms with Gasteiger partial charge in [0, 0.05) is 18.5 Å². The van der Waals surface area contributed by atoms with Gasteiger partial charge < -0.3 is 0 Å². The summed E-state index contributed by atoms with van der Waals surface area (Å²) in [6.07, 6.45) is 1.52. The molecule has 2 amide bonds. The van der Waals surface area contributed by atoms with Crippen LogP contribution in [0, 0.1) is 0 Å². The molecule has 0 fully saturated rings. The first-order valence-corrected chi connectivity index (χ1v) is 4.04. The number of carbonyl (C=O) groups is 2. The zero-order valence-corrected chi connectivity index (χ0v) is 7.14. The van der Waals surface area contributed by atoms with Crippen LogP contribution >= 0.6 is 11.3 Å². The van der Waals surface area contributed by atoms with E-state index in [1.807, 2.05) is 0 Å². The third kappa shape index (κ3) is 2.31. The molecule has 12 heavy (non-hydrogen) atoms. The summed E-state index contributed by atoms with van der Waals surface area (Å²) in [6, 6.07) is 0. The Bertz CT molecular complexity index is 283. The van der Waals surface area contributed by atoms with E-state index in [0.29, 0.717) is 5.01 Å². The third-order valence-electron chi connectivity index (χ3n) is 0.979. The van der Waals surface area contributed by atoms with Crippen LogP contribution < -0.4 is 10.9 Å². The van der Waals surface area contributed by atoms with Crippen LogP contribution in [0.1, 0.15) is 16.7 Å². The fourth-order valence-corrected chi connectivity index (χ4v) is 1.06. The Morgan fingerprint density at radius 1 is 1.50 bits per heavy atom. The smallest absolute Gasteiger partial charge is 0.274 e. The van der Waals surface area contributed by atoms with Gasteiger partial charge in [-0.25, -0.2) is 4.98 Å². The molecule has 64 valence electrons. The molecule has 0 saturated carbocycles. The van der Waals surface area contributed by atoms with Gasteiger partial charge in [0.15, 0.2) is 5.01 Å². The first kappa shape index (κ1) is 8.66. The monoisotopic (exact) mass is 185 g/mol. The van der Waals surface area contributed by atoms with Crippen LogP contribution in [-0.2, 0) is 4.79 Å². The first-order valence-electron chi connectivity index (χ1n) is 3.16. The number of thiazole rings is 1. The summed E-state index contributed by atoms with van der Waals surface area (Å²) in [7, 11) is 0. The number of rotatable bonds is 1. The molecule has 1 rings (SSSR count). The maximum atomic E-state index is 11.0. The van der Waals surface area contributed by atoms with Crippen LogP contribution in [0.5, 0.6) is 0 Å². The second-order valence-corrected chi connectivity index (χ2v) is 2.87. The molecular weight excluding hydrogens is 178 g/mol. The molecule has 0 aliphatic heterocycles.